The second-order valence-electron chi connectivity index (χ2n) is 2.51. The fraction of sp³-hybridized carbons (Fsp3) is 0.300. The number of hydrogen-bond donors (Lipinski definition) is 0. The molecular weight excluding hydrogens is 188 g/mol. The molecule has 1 aromatic rings. The molecule has 14 heavy (non-hydrogen) atoms. The average molecular weight is 198 g/mol. The van der Waals surface area contributed by atoms with Crippen molar-refractivity contribution in [2.75, 3.05) is 6.61 Å². The van der Waals surface area contributed by atoms with Crippen molar-refractivity contribution in [2.24, 2.45) is 5.16 Å². The van der Waals surface area contributed by atoms with Gasteiger partial charge in [-0.25, -0.2) is 8.78 Å². The Morgan fingerprint density at radius 2 is 2.14 bits per heavy atom. The van der Waals surface area contributed by atoms with E-state index in [0.717, 1.165) is 0 Å². The third-order valence-electron chi connectivity index (χ3n) is 1.56. The normalized spacial score (nSPS) is 11.1. The largest absolute Gasteiger partial charge is 0.396 e. The first kappa shape index (κ1) is 10.6. The molecule has 0 saturated heterocycles. The summed E-state index contributed by atoms with van der Waals surface area (Å²) in [4.78, 5) is 4.64. The highest BCUT2D eigenvalue weighted by atomic mass is 19.3. The minimum atomic E-state index is -2.52. The Morgan fingerprint density at radius 3 is 2.79 bits per heavy atom. The van der Waals surface area contributed by atoms with Crippen LogP contribution in [0.1, 0.15) is 24.5 Å². The lowest BCUT2D eigenvalue weighted by atomic mass is 10.1. The zero-order valence-electron chi connectivity index (χ0n) is 7.71. The summed E-state index contributed by atoms with van der Waals surface area (Å²) in [6.07, 6.45) is -0.0997. The quantitative estimate of drug-likeness (QED) is 0.538. The maximum Gasteiger partial charge on any atom is 0.264 e. The van der Waals surface area contributed by atoms with Gasteiger partial charge in [0.15, 0.2) is 0 Å². The monoisotopic (exact) mass is 198 g/mol. The highest BCUT2D eigenvalue weighted by Crippen LogP contribution is 2.21. The molecule has 0 spiro atoms. The van der Waals surface area contributed by atoms with E-state index in [4.69, 9.17) is 0 Å². The molecule has 0 N–H and O–H groups in total. The highest BCUT2D eigenvalue weighted by molar-refractivity contribution is 5.81. The van der Waals surface area contributed by atoms with E-state index in [9.17, 15) is 8.78 Å². The lowest BCUT2D eigenvalue weighted by Gasteiger charge is -2.02. The molecule has 75 valence electrons. The first-order valence-electron chi connectivity index (χ1n) is 4.20. The molecule has 0 bridgehead atoms. The molecule has 0 aliphatic carbocycles. The molecule has 0 unspecified atom stereocenters. The molecule has 4 heteroatoms. The standard InChI is InChI=1S/C10H10F2NO/c1-2-14-13-7-8-5-3-4-6-9(8)10(11)12/h3-6,10H,2H2,1H3. The summed E-state index contributed by atoms with van der Waals surface area (Å²) < 4.78 is 24.8. The molecule has 0 saturated carbocycles. The Morgan fingerprint density at radius 1 is 1.43 bits per heavy atom. The zero-order valence-corrected chi connectivity index (χ0v) is 7.71. The summed E-state index contributed by atoms with van der Waals surface area (Å²) >= 11 is 0. The number of rotatable bonds is 4. The van der Waals surface area contributed by atoms with Gasteiger partial charge in [0.1, 0.15) is 12.8 Å². The van der Waals surface area contributed by atoms with Crippen LogP contribution < -0.4 is 0 Å². The van der Waals surface area contributed by atoms with Crippen LogP contribution in [0.4, 0.5) is 8.78 Å². The first-order chi connectivity index (χ1) is 6.75. The van der Waals surface area contributed by atoms with E-state index in [0.29, 0.717) is 6.61 Å². The van der Waals surface area contributed by atoms with Crippen molar-refractivity contribution >= 4 is 6.21 Å². The average Bonchev–Trinajstić information content (AvgIpc) is 2.19. The van der Waals surface area contributed by atoms with Crippen LogP contribution in [0, 0.1) is 0 Å². The lowest BCUT2D eigenvalue weighted by molar-refractivity contribution is 0.150. The van der Waals surface area contributed by atoms with Gasteiger partial charge in [-0.05, 0) is 6.92 Å². The van der Waals surface area contributed by atoms with Crippen LogP contribution in [-0.4, -0.2) is 12.8 Å². The van der Waals surface area contributed by atoms with E-state index in [-0.39, 0.29) is 11.1 Å². The van der Waals surface area contributed by atoms with Gasteiger partial charge >= 0.3 is 0 Å². The number of benzene rings is 1. The van der Waals surface area contributed by atoms with Gasteiger partial charge in [-0.1, -0.05) is 29.4 Å². The van der Waals surface area contributed by atoms with Crippen LogP contribution >= 0.6 is 0 Å². The summed E-state index contributed by atoms with van der Waals surface area (Å²) in [5.41, 5.74) is 0.173. The fourth-order valence-corrected chi connectivity index (χ4v) is 0.935. The molecule has 0 aliphatic heterocycles. The highest BCUT2D eigenvalue weighted by Gasteiger charge is 2.10. The SMILES string of the molecule is CCO/N=[C]/c1ccccc1C(F)F. The lowest BCUT2D eigenvalue weighted by Crippen LogP contribution is -1.93. The maximum absolute atomic E-state index is 12.4. The Hall–Kier alpha value is -1.45. The Bertz CT molecular complexity index is 313. The molecule has 0 aromatic heterocycles. The molecule has 0 atom stereocenters. The number of halogens is 2. The molecule has 0 amide bonds. The van der Waals surface area contributed by atoms with Crippen LogP contribution in [0.5, 0.6) is 0 Å². The zero-order chi connectivity index (χ0) is 10.4. The van der Waals surface area contributed by atoms with Gasteiger partial charge in [-0.3, -0.25) is 0 Å². The van der Waals surface area contributed by atoms with Crippen molar-refractivity contribution < 1.29 is 13.6 Å². The first-order valence-corrected chi connectivity index (χ1v) is 4.20. The molecule has 0 heterocycles. The molecular formula is C10H10F2NO. The van der Waals surface area contributed by atoms with E-state index in [2.05, 4.69) is 16.2 Å². The third-order valence-corrected chi connectivity index (χ3v) is 1.56. The molecule has 1 radical (unpaired) electrons. The second kappa shape index (κ2) is 5.32. The van der Waals surface area contributed by atoms with Crippen LogP contribution in [0.25, 0.3) is 0 Å². The smallest absolute Gasteiger partial charge is 0.264 e. The molecule has 1 rings (SSSR count). The van der Waals surface area contributed by atoms with Gasteiger partial charge in [0, 0.05) is 11.1 Å². The molecule has 1 aromatic carbocycles. The maximum atomic E-state index is 12.4. The molecule has 0 fully saturated rings. The third kappa shape index (κ3) is 2.80. The van der Waals surface area contributed by atoms with Crippen molar-refractivity contribution in [1.82, 2.24) is 0 Å². The van der Waals surface area contributed by atoms with E-state index in [1.807, 2.05) is 0 Å². The van der Waals surface area contributed by atoms with Gasteiger partial charge in [-0.15, -0.1) is 0 Å². The van der Waals surface area contributed by atoms with Crippen molar-refractivity contribution in [3.8, 4) is 0 Å². The summed E-state index contributed by atoms with van der Waals surface area (Å²) in [6, 6.07) is 6.06. The number of nitrogens with zero attached hydrogens (tertiary/aromatic N) is 1. The predicted octanol–water partition coefficient (Wildman–Crippen LogP) is 2.87. The topological polar surface area (TPSA) is 21.6 Å². The molecule has 2 nitrogen and oxygen atoms in total. The van der Waals surface area contributed by atoms with Gasteiger partial charge < -0.3 is 4.84 Å². The summed E-state index contributed by atoms with van der Waals surface area (Å²) in [5, 5.41) is 3.42. The van der Waals surface area contributed by atoms with Crippen LogP contribution in [0.2, 0.25) is 0 Å². The number of hydrogen-bond acceptors (Lipinski definition) is 2. The minimum Gasteiger partial charge on any atom is -0.396 e. The number of alkyl halides is 2. The Labute approximate surface area is 81.2 Å². The van der Waals surface area contributed by atoms with Gasteiger partial charge in [0.05, 0.1) is 0 Å². The molecule has 0 aliphatic rings. The van der Waals surface area contributed by atoms with Crippen LogP contribution in [0.3, 0.4) is 0 Å². The Kier molecular flexibility index (Phi) is 4.04. The predicted molar refractivity (Wildman–Crippen MR) is 49.6 cm³/mol. The van der Waals surface area contributed by atoms with Gasteiger partial charge in [0.25, 0.3) is 6.43 Å². The van der Waals surface area contributed by atoms with E-state index < -0.39 is 6.43 Å². The van der Waals surface area contributed by atoms with E-state index in [1.54, 1.807) is 19.1 Å². The summed E-state index contributed by atoms with van der Waals surface area (Å²) in [6.45, 7) is 2.15. The van der Waals surface area contributed by atoms with Gasteiger partial charge in [-0.2, -0.15) is 0 Å². The van der Waals surface area contributed by atoms with Crippen molar-refractivity contribution in [3.63, 3.8) is 0 Å². The second-order valence-corrected chi connectivity index (χ2v) is 2.51. The van der Waals surface area contributed by atoms with Gasteiger partial charge in [0.2, 0.25) is 0 Å². The Balaban J connectivity index is 2.84. The fourth-order valence-electron chi connectivity index (χ4n) is 0.935. The van der Waals surface area contributed by atoms with Crippen molar-refractivity contribution in [2.45, 2.75) is 13.3 Å². The van der Waals surface area contributed by atoms with Crippen LogP contribution in [-0.2, 0) is 4.84 Å². The van der Waals surface area contributed by atoms with Crippen LogP contribution in [0.15, 0.2) is 29.4 Å². The van der Waals surface area contributed by atoms with Crippen molar-refractivity contribution in [1.29, 1.82) is 0 Å². The summed E-state index contributed by atoms with van der Waals surface area (Å²) in [7, 11) is 0. The summed E-state index contributed by atoms with van der Waals surface area (Å²) in [5.74, 6) is 0. The van der Waals surface area contributed by atoms with E-state index >= 15 is 0 Å². The van der Waals surface area contributed by atoms with Crippen molar-refractivity contribution in [3.05, 3.63) is 35.4 Å². The van der Waals surface area contributed by atoms with E-state index in [1.165, 1.54) is 12.1 Å². The minimum absolute atomic E-state index is 0.0871.